The molecule has 0 saturated heterocycles. The fourth-order valence-corrected chi connectivity index (χ4v) is 4.35. The van der Waals surface area contributed by atoms with Crippen LogP contribution in [0.5, 0.6) is 5.75 Å². The van der Waals surface area contributed by atoms with Crippen molar-refractivity contribution in [3.63, 3.8) is 0 Å². The van der Waals surface area contributed by atoms with E-state index in [2.05, 4.69) is 20.5 Å². The SMILES string of the molecule is COc1ccc(-c2nc(SCC(=O)NC(c3ccccc3)c3cccs3)n[nH]2)cc1. The van der Waals surface area contributed by atoms with E-state index in [4.69, 9.17) is 4.74 Å². The number of hydrogen-bond acceptors (Lipinski definition) is 6. The number of H-pyrrole nitrogens is 1. The number of carbonyl (C=O) groups excluding carboxylic acids is 1. The average molecular weight is 437 g/mol. The molecule has 2 heterocycles. The standard InChI is InChI=1S/C22H20N4O2S2/c1-28-17-11-9-16(10-12-17)21-24-22(26-25-21)30-14-19(27)23-20(18-8-5-13-29-18)15-6-3-2-4-7-15/h2-13,20H,14H2,1H3,(H,23,27)(H,24,25,26). The zero-order valence-electron chi connectivity index (χ0n) is 16.2. The summed E-state index contributed by atoms with van der Waals surface area (Å²) >= 11 is 2.93. The van der Waals surface area contributed by atoms with Gasteiger partial charge in [-0.25, -0.2) is 4.98 Å². The molecule has 0 bridgehead atoms. The van der Waals surface area contributed by atoms with Gasteiger partial charge in [-0.05, 0) is 41.3 Å². The minimum Gasteiger partial charge on any atom is -0.497 e. The highest BCUT2D eigenvalue weighted by Gasteiger charge is 2.18. The smallest absolute Gasteiger partial charge is 0.231 e. The Bertz CT molecular complexity index is 1080. The lowest BCUT2D eigenvalue weighted by Gasteiger charge is -2.17. The Morgan fingerprint density at radius 1 is 1.13 bits per heavy atom. The van der Waals surface area contributed by atoms with Gasteiger partial charge in [-0.1, -0.05) is 48.2 Å². The summed E-state index contributed by atoms with van der Waals surface area (Å²) in [4.78, 5) is 18.2. The average Bonchev–Trinajstić information content (AvgIpc) is 3.49. The Hall–Kier alpha value is -3.10. The number of nitrogens with one attached hydrogen (secondary N) is 2. The number of ether oxygens (including phenoxy) is 1. The van der Waals surface area contributed by atoms with E-state index < -0.39 is 0 Å². The number of thiophene rings is 1. The van der Waals surface area contributed by atoms with Gasteiger partial charge >= 0.3 is 0 Å². The fraction of sp³-hybridized carbons (Fsp3) is 0.136. The minimum absolute atomic E-state index is 0.0712. The van der Waals surface area contributed by atoms with E-state index in [1.807, 2.05) is 72.1 Å². The Morgan fingerprint density at radius 2 is 1.93 bits per heavy atom. The molecule has 0 fully saturated rings. The predicted octanol–water partition coefficient (Wildman–Crippen LogP) is 4.54. The summed E-state index contributed by atoms with van der Waals surface area (Å²) in [6.07, 6.45) is 0. The number of nitrogens with zero attached hydrogens (tertiary/aromatic N) is 2. The summed E-state index contributed by atoms with van der Waals surface area (Å²) < 4.78 is 5.17. The molecule has 4 rings (SSSR count). The zero-order chi connectivity index (χ0) is 20.8. The first kappa shape index (κ1) is 20.2. The van der Waals surface area contributed by atoms with Crippen LogP contribution in [0.2, 0.25) is 0 Å². The third-order valence-corrected chi connectivity index (χ3v) is 6.21. The van der Waals surface area contributed by atoms with Crippen LogP contribution in [0.15, 0.2) is 77.3 Å². The molecule has 0 aliphatic heterocycles. The van der Waals surface area contributed by atoms with Crippen molar-refractivity contribution in [2.75, 3.05) is 12.9 Å². The van der Waals surface area contributed by atoms with Crippen LogP contribution < -0.4 is 10.1 Å². The van der Waals surface area contributed by atoms with Crippen molar-refractivity contribution < 1.29 is 9.53 Å². The first-order chi connectivity index (χ1) is 14.7. The number of benzene rings is 2. The van der Waals surface area contributed by atoms with Crippen LogP contribution in [-0.4, -0.2) is 34.0 Å². The number of carbonyl (C=O) groups is 1. The molecule has 152 valence electrons. The zero-order valence-corrected chi connectivity index (χ0v) is 17.9. The van der Waals surface area contributed by atoms with Crippen molar-refractivity contribution in [1.82, 2.24) is 20.5 Å². The van der Waals surface area contributed by atoms with E-state index in [1.54, 1.807) is 18.4 Å². The Balaban J connectivity index is 1.39. The summed E-state index contributed by atoms with van der Waals surface area (Å²) in [6.45, 7) is 0. The summed E-state index contributed by atoms with van der Waals surface area (Å²) in [7, 11) is 1.63. The first-order valence-corrected chi connectivity index (χ1v) is 11.2. The van der Waals surface area contributed by atoms with Crippen molar-refractivity contribution in [3.05, 3.63) is 82.6 Å². The molecule has 2 aromatic carbocycles. The highest BCUT2D eigenvalue weighted by Crippen LogP contribution is 2.26. The lowest BCUT2D eigenvalue weighted by molar-refractivity contribution is -0.119. The molecule has 30 heavy (non-hydrogen) atoms. The van der Waals surface area contributed by atoms with Crippen LogP contribution >= 0.6 is 23.1 Å². The Kier molecular flexibility index (Phi) is 6.46. The van der Waals surface area contributed by atoms with Crippen LogP contribution in [-0.2, 0) is 4.79 Å². The first-order valence-electron chi connectivity index (χ1n) is 9.30. The number of thioether (sulfide) groups is 1. The number of hydrogen-bond donors (Lipinski definition) is 2. The minimum atomic E-state index is -0.165. The van der Waals surface area contributed by atoms with E-state index in [1.165, 1.54) is 11.8 Å². The van der Waals surface area contributed by atoms with Gasteiger partial charge < -0.3 is 10.1 Å². The molecule has 0 radical (unpaired) electrons. The molecule has 1 atom stereocenters. The quantitative estimate of drug-likeness (QED) is 0.397. The summed E-state index contributed by atoms with van der Waals surface area (Å²) in [5.41, 5.74) is 1.96. The van der Waals surface area contributed by atoms with Crippen LogP contribution in [0, 0.1) is 0 Å². The number of aromatic nitrogens is 3. The summed E-state index contributed by atoms with van der Waals surface area (Å²) in [5.74, 6) is 1.59. The fourth-order valence-electron chi connectivity index (χ4n) is 2.94. The second-order valence-corrected chi connectivity index (χ2v) is 8.33. The van der Waals surface area contributed by atoms with E-state index in [-0.39, 0.29) is 17.7 Å². The highest BCUT2D eigenvalue weighted by molar-refractivity contribution is 7.99. The Labute approximate surface area is 182 Å². The van der Waals surface area contributed by atoms with Gasteiger partial charge in [0.05, 0.1) is 18.9 Å². The normalized spacial score (nSPS) is 11.8. The van der Waals surface area contributed by atoms with Gasteiger partial charge in [0.25, 0.3) is 0 Å². The van der Waals surface area contributed by atoms with Gasteiger partial charge in [-0.15, -0.1) is 16.4 Å². The van der Waals surface area contributed by atoms with Gasteiger partial charge in [0, 0.05) is 10.4 Å². The summed E-state index contributed by atoms with van der Waals surface area (Å²) in [5, 5.41) is 12.8. The van der Waals surface area contributed by atoms with Gasteiger partial charge in [-0.3, -0.25) is 9.89 Å². The predicted molar refractivity (Wildman–Crippen MR) is 120 cm³/mol. The van der Waals surface area contributed by atoms with Crippen LogP contribution in [0.1, 0.15) is 16.5 Å². The third kappa shape index (κ3) is 4.90. The maximum Gasteiger partial charge on any atom is 0.231 e. The molecular formula is C22H20N4O2S2. The molecule has 6 nitrogen and oxygen atoms in total. The van der Waals surface area contributed by atoms with Gasteiger partial charge in [0.1, 0.15) is 5.75 Å². The number of aromatic amines is 1. The lowest BCUT2D eigenvalue weighted by Crippen LogP contribution is -2.30. The van der Waals surface area contributed by atoms with Gasteiger partial charge in [0.2, 0.25) is 11.1 Å². The molecule has 1 unspecified atom stereocenters. The maximum atomic E-state index is 12.6. The molecule has 0 spiro atoms. The second-order valence-electron chi connectivity index (χ2n) is 6.41. The van der Waals surface area contributed by atoms with Gasteiger partial charge in [0.15, 0.2) is 5.82 Å². The molecule has 4 aromatic rings. The molecule has 2 N–H and O–H groups in total. The molecular weight excluding hydrogens is 416 g/mol. The lowest BCUT2D eigenvalue weighted by atomic mass is 10.1. The van der Waals surface area contributed by atoms with Crippen LogP contribution in [0.3, 0.4) is 0 Å². The molecule has 0 aliphatic rings. The monoisotopic (exact) mass is 436 g/mol. The number of methoxy groups -OCH3 is 1. The second kappa shape index (κ2) is 9.60. The molecule has 0 aliphatic carbocycles. The largest absolute Gasteiger partial charge is 0.497 e. The number of rotatable bonds is 8. The van der Waals surface area contributed by atoms with E-state index in [0.717, 1.165) is 21.8 Å². The topological polar surface area (TPSA) is 79.9 Å². The number of amides is 1. The summed E-state index contributed by atoms with van der Waals surface area (Å²) in [6, 6.07) is 21.4. The van der Waals surface area contributed by atoms with E-state index in [9.17, 15) is 4.79 Å². The molecule has 0 saturated carbocycles. The highest BCUT2D eigenvalue weighted by atomic mass is 32.2. The van der Waals surface area contributed by atoms with Crippen molar-refractivity contribution in [2.24, 2.45) is 0 Å². The third-order valence-electron chi connectivity index (χ3n) is 4.43. The molecule has 1 amide bonds. The molecule has 2 aromatic heterocycles. The maximum absolute atomic E-state index is 12.6. The molecule has 8 heteroatoms. The Morgan fingerprint density at radius 3 is 2.63 bits per heavy atom. The van der Waals surface area contributed by atoms with Crippen LogP contribution in [0.25, 0.3) is 11.4 Å². The van der Waals surface area contributed by atoms with Gasteiger partial charge in [-0.2, -0.15) is 0 Å². The van der Waals surface area contributed by atoms with Crippen molar-refractivity contribution in [3.8, 4) is 17.1 Å². The van der Waals surface area contributed by atoms with Crippen molar-refractivity contribution in [1.29, 1.82) is 0 Å². The van der Waals surface area contributed by atoms with Crippen molar-refractivity contribution >= 4 is 29.0 Å². The van der Waals surface area contributed by atoms with Crippen molar-refractivity contribution in [2.45, 2.75) is 11.2 Å². The van der Waals surface area contributed by atoms with E-state index >= 15 is 0 Å². The van der Waals surface area contributed by atoms with Crippen LogP contribution in [0.4, 0.5) is 0 Å². The van der Waals surface area contributed by atoms with E-state index in [0.29, 0.717) is 11.0 Å².